The third kappa shape index (κ3) is 3.18. The van der Waals surface area contributed by atoms with E-state index in [9.17, 15) is 19.1 Å². The van der Waals surface area contributed by atoms with Crippen LogP contribution in [0.2, 0.25) is 0 Å². The first-order chi connectivity index (χ1) is 11.9. The SMILES string of the molecule is COc1cc(C(=O)N2CCC3(CC2)CC(O)CN(C)C3=O)c(F)cn1. The molecule has 3 heterocycles. The summed E-state index contributed by atoms with van der Waals surface area (Å²) in [5.74, 6) is -0.952. The number of rotatable bonds is 2. The molecule has 1 N–H and O–H groups in total. The number of methoxy groups -OCH3 is 1. The summed E-state index contributed by atoms with van der Waals surface area (Å²) in [5, 5.41) is 10.0. The Morgan fingerprint density at radius 1 is 1.44 bits per heavy atom. The van der Waals surface area contributed by atoms with Gasteiger partial charge >= 0.3 is 0 Å². The molecule has 0 aromatic carbocycles. The van der Waals surface area contributed by atoms with E-state index in [1.807, 2.05) is 0 Å². The van der Waals surface area contributed by atoms with Crippen LogP contribution in [0.1, 0.15) is 29.6 Å². The summed E-state index contributed by atoms with van der Waals surface area (Å²) in [6.45, 7) is 1.02. The number of ether oxygens (including phenoxy) is 1. The minimum Gasteiger partial charge on any atom is -0.481 e. The molecular formula is C17H22FN3O4. The van der Waals surface area contributed by atoms with Gasteiger partial charge in [0.25, 0.3) is 5.91 Å². The molecule has 2 aliphatic heterocycles. The van der Waals surface area contributed by atoms with Gasteiger partial charge in [0.1, 0.15) is 0 Å². The normalized spacial score (nSPS) is 23.0. The summed E-state index contributed by atoms with van der Waals surface area (Å²) >= 11 is 0. The van der Waals surface area contributed by atoms with Gasteiger partial charge in [0, 0.05) is 32.7 Å². The van der Waals surface area contributed by atoms with E-state index in [1.165, 1.54) is 18.1 Å². The van der Waals surface area contributed by atoms with Gasteiger partial charge in [-0.05, 0) is 19.3 Å². The van der Waals surface area contributed by atoms with Crippen molar-refractivity contribution in [3.8, 4) is 5.88 Å². The van der Waals surface area contributed by atoms with Crippen LogP contribution >= 0.6 is 0 Å². The number of amides is 2. The van der Waals surface area contributed by atoms with Gasteiger partial charge < -0.3 is 19.6 Å². The van der Waals surface area contributed by atoms with Gasteiger partial charge in [0.15, 0.2) is 5.82 Å². The number of aliphatic hydroxyl groups excluding tert-OH is 1. The van der Waals surface area contributed by atoms with E-state index < -0.39 is 23.2 Å². The first-order valence-corrected chi connectivity index (χ1v) is 8.29. The van der Waals surface area contributed by atoms with Crippen molar-refractivity contribution in [2.75, 3.05) is 33.8 Å². The van der Waals surface area contributed by atoms with Gasteiger partial charge in [-0.1, -0.05) is 0 Å². The molecule has 0 aliphatic carbocycles. The molecule has 3 rings (SSSR count). The van der Waals surface area contributed by atoms with Crippen molar-refractivity contribution in [3.05, 3.63) is 23.6 Å². The van der Waals surface area contributed by atoms with Crippen molar-refractivity contribution < 1.29 is 23.8 Å². The third-order valence-electron chi connectivity index (χ3n) is 5.19. The van der Waals surface area contributed by atoms with E-state index in [0.717, 1.165) is 6.20 Å². The topological polar surface area (TPSA) is 83.0 Å². The lowest BCUT2D eigenvalue weighted by Crippen LogP contribution is -2.56. The zero-order valence-electron chi connectivity index (χ0n) is 14.4. The minimum atomic E-state index is -0.699. The Hall–Kier alpha value is -2.22. The number of halogens is 1. The summed E-state index contributed by atoms with van der Waals surface area (Å²) in [7, 11) is 3.08. The van der Waals surface area contributed by atoms with E-state index in [4.69, 9.17) is 4.74 Å². The molecule has 25 heavy (non-hydrogen) atoms. The van der Waals surface area contributed by atoms with Crippen LogP contribution in [0.4, 0.5) is 4.39 Å². The van der Waals surface area contributed by atoms with Gasteiger partial charge in [-0.3, -0.25) is 9.59 Å². The quantitative estimate of drug-likeness (QED) is 0.847. The highest BCUT2D eigenvalue weighted by Crippen LogP contribution is 2.41. The molecule has 1 unspecified atom stereocenters. The number of β-amino-alcohol motifs (C(OH)–C–C–N with tert-alkyl or cyclic N) is 1. The van der Waals surface area contributed by atoms with E-state index in [-0.39, 0.29) is 17.4 Å². The number of carbonyl (C=O) groups excluding carboxylic acids is 2. The summed E-state index contributed by atoms with van der Waals surface area (Å²) in [6, 6.07) is 1.28. The maximum atomic E-state index is 14.0. The number of likely N-dealkylation sites (tertiary alicyclic amines) is 2. The highest BCUT2D eigenvalue weighted by Gasteiger charge is 2.48. The Bertz CT molecular complexity index is 688. The molecule has 0 radical (unpaired) electrons. The molecule has 1 aromatic rings. The van der Waals surface area contributed by atoms with Gasteiger partial charge in [0.2, 0.25) is 11.8 Å². The van der Waals surface area contributed by atoms with Crippen molar-refractivity contribution in [1.29, 1.82) is 0 Å². The highest BCUT2D eigenvalue weighted by molar-refractivity contribution is 5.95. The first-order valence-electron chi connectivity index (χ1n) is 8.29. The number of piperidine rings is 2. The van der Waals surface area contributed by atoms with Crippen LogP contribution in [0, 0.1) is 11.2 Å². The number of aliphatic hydroxyl groups is 1. The van der Waals surface area contributed by atoms with Crippen LogP contribution in [0.5, 0.6) is 5.88 Å². The van der Waals surface area contributed by atoms with E-state index in [1.54, 1.807) is 11.9 Å². The van der Waals surface area contributed by atoms with Crippen LogP contribution < -0.4 is 4.74 Å². The zero-order valence-corrected chi connectivity index (χ0v) is 14.4. The number of carbonyl (C=O) groups is 2. The van der Waals surface area contributed by atoms with Crippen LogP contribution in [-0.4, -0.2) is 71.6 Å². The Morgan fingerprint density at radius 3 is 2.76 bits per heavy atom. The highest BCUT2D eigenvalue weighted by atomic mass is 19.1. The fraction of sp³-hybridized carbons (Fsp3) is 0.588. The predicted octanol–water partition coefficient (Wildman–Crippen LogP) is 0.675. The molecule has 1 aromatic heterocycles. The molecule has 1 spiro atoms. The number of likely N-dealkylation sites (N-methyl/N-ethyl adjacent to an activating group) is 1. The van der Waals surface area contributed by atoms with Gasteiger partial charge in [-0.2, -0.15) is 0 Å². The molecule has 2 amide bonds. The van der Waals surface area contributed by atoms with Gasteiger partial charge in [-0.25, -0.2) is 9.37 Å². The van der Waals surface area contributed by atoms with E-state index >= 15 is 0 Å². The smallest absolute Gasteiger partial charge is 0.257 e. The van der Waals surface area contributed by atoms with E-state index in [0.29, 0.717) is 38.9 Å². The van der Waals surface area contributed by atoms with E-state index in [2.05, 4.69) is 4.98 Å². The second kappa shape index (κ2) is 6.59. The molecule has 1 atom stereocenters. The lowest BCUT2D eigenvalue weighted by atomic mass is 9.71. The molecular weight excluding hydrogens is 329 g/mol. The lowest BCUT2D eigenvalue weighted by Gasteiger charge is -2.46. The summed E-state index contributed by atoms with van der Waals surface area (Å²) in [6.07, 6.45) is 1.75. The maximum absolute atomic E-state index is 14.0. The Balaban J connectivity index is 1.74. The molecule has 2 aliphatic rings. The number of hydrogen-bond donors (Lipinski definition) is 1. The molecule has 2 saturated heterocycles. The third-order valence-corrected chi connectivity index (χ3v) is 5.19. The molecule has 2 fully saturated rings. The van der Waals surface area contributed by atoms with Gasteiger partial charge in [-0.15, -0.1) is 0 Å². The fourth-order valence-corrected chi connectivity index (χ4v) is 3.83. The van der Waals surface area contributed by atoms with Crippen LogP contribution in [-0.2, 0) is 4.79 Å². The second-order valence-corrected chi connectivity index (χ2v) is 6.82. The van der Waals surface area contributed by atoms with Crippen molar-refractivity contribution >= 4 is 11.8 Å². The minimum absolute atomic E-state index is 0.0154. The average molecular weight is 351 g/mol. The standard InChI is InChI=1S/C17H22FN3O4/c1-20-10-11(22)8-17(16(20)24)3-5-21(6-4-17)15(23)12-7-14(25-2)19-9-13(12)18/h7,9,11,22H,3-6,8,10H2,1-2H3. The van der Waals surface area contributed by atoms with Crippen LogP contribution in [0.3, 0.4) is 0 Å². The van der Waals surface area contributed by atoms with Crippen molar-refractivity contribution in [1.82, 2.24) is 14.8 Å². The lowest BCUT2D eigenvalue weighted by molar-refractivity contribution is -0.154. The van der Waals surface area contributed by atoms with Crippen LogP contribution in [0.25, 0.3) is 0 Å². The number of pyridine rings is 1. The van der Waals surface area contributed by atoms with Crippen molar-refractivity contribution in [2.45, 2.75) is 25.4 Å². The summed E-state index contributed by atoms with van der Waals surface area (Å²) < 4.78 is 18.9. The molecule has 8 heteroatoms. The molecule has 136 valence electrons. The molecule has 0 bridgehead atoms. The molecule has 7 nitrogen and oxygen atoms in total. The summed E-state index contributed by atoms with van der Waals surface area (Å²) in [4.78, 5) is 32.0. The summed E-state index contributed by atoms with van der Waals surface area (Å²) in [5.41, 5.74) is -0.715. The molecule has 0 saturated carbocycles. The Morgan fingerprint density at radius 2 is 2.12 bits per heavy atom. The van der Waals surface area contributed by atoms with Crippen molar-refractivity contribution in [3.63, 3.8) is 0 Å². The number of aromatic nitrogens is 1. The van der Waals surface area contributed by atoms with Crippen LogP contribution in [0.15, 0.2) is 12.3 Å². The Kier molecular flexibility index (Phi) is 4.64. The average Bonchev–Trinajstić information content (AvgIpc) is 2.60. The van der Waals surface area contributed by atoms with Crippen molar-refractivity contribution in [2.24, 2.45) is 5.41 Å². The maximum Gasteiger partial charge on any atom is 0.257 e. The number of hydrogen-bond acceptors (Lipinski definition) is 5. The predicted molar refractivity (Wildman–Crippen MR) is 86.6 cm³/mol. The second-order valence-electron chi connectivity index (χ2n) is 6.82. The monoisotopic (exact) mass is 351 g/mol. The first kappa shape index (κ1) is 17.6. The largest absolute Gasteiger partial charge is 0.481 e. The Labute approximate surface area is 145 Å². The van der Waals surface area contributed by atoms with Gasteiger partial charge in [0.05, 0.1) is 30.4 Å². The zero-order chi connectivity index (χ0) is 18.2. The number of nitrogens with zero attached hydrogens (tertiary/aromatic N) is 3. The fourth-order valence-electron chi connectivity index (χ4n) is 3.83.